The van der Waals surface area contributed by atoms with E-state index >= 15 is 0 Å². The highest BCUT2D eigenvalue weighted by Gasteiger charge is 2.13. The Balaban J connectivity index is 1.65. The molecule has 1 aliphatic rings. The third-order valence-corrected chi connectivity index (χ3v) is 4.81. The van der Waals surface area contributed by atoms with Gasteiger partial charge in [0.1, 0.15) is 0 Å². The molecule has 114 valence electrons. The van der Waals surface area contributed by atoms with Crippen LogP contribution in [0.2, 0.25) is 0 Å². The third-order valence-electron chi connectivity index (χ3n) is 3.85. The minimum atomic E-state index is 0.922. The Morgan fingerprint density at radius 2 is 2.10 bits per heavy atom. The number of nitrogens with one attached hydrogen (secondary N) is 1. The molecule has 0 bridgehead atoms. The van der Waals surface area contributed by atoms with Crippen molar-refractivity contribution < 1.29 is 0 Å². The van der Waals surface area contributed by atoms with Gasteiger partial charge in [0.15, 0.2) is 0 Å². The van der Waals surface area contributed by atoms with Gasteiger partial charge in [-0.05, 0) is 20.0 Å². The van der Waals surface area contributed by atoms with Crippen LogP contribution in [-0.4, -0.2) is 61.1 Å². The zero-order valence-corrected chi connectivity index (χ0v) is 13.7. The fourth-order valence-electron chi connectivity index (χ4n) is 2.39. The zero-order valence-electron chi connectivity index (χ0n) is 12.9. The minimum Gasteiger partial charge on any atom is -0.311 e. The molecule has 0 amide bonds. The maximum atomic E-state index is 4.73. The highest BCUT2D eigenvalue weighted by molar-refractivity contribution is 7.09. The largest absolute Gasteiger partial charge is 0.311 e. The van der Waals surface area contributed by atoms with Crippen LogP contribution in [0.25, 0.3) is 0 Å². The molecule has 1 fully saturated rings. The van der Waals surface area contributed by atoms with E-state index in [2.05, 4.69) is 34.5 Å². The van der Waals surface area contributed by atoms with E-state index in [1.165, 1.54) is 49.7 Å². The van der Waals surface area contributed by atoms with Gasteiger partial charge in [-0.2, -0.15) is 0 Å². The van der Waals surface area contributed by atoms with E-state index in [-0.39, 0.29) is 0 Å². The Morgan fingerprint density at radius 1 is 1.30 bits per heavy atom. The molecule has 0 aromatic carbocycles. The molecule has 0 atom stereocenters. The van der Waals surface area contributed by atoms with E-state index < -0.39 is 0 Å². The summed E-state index contributed by atoms with van der Waals surface area (Å²) in [5.74, 6) is 0. The van der Waals surface area contributed by atoms with Gasteiger partial charge in [-0.3, -0.25) is 0 Å². The summed E-state index contributed by atoms with van der Waals surface area (Å²) in [6.07, 6.45) is 3.60. The van der Waals surface area contributed by atoms with Crippen LogP contribution in [-0.2, 0) is 13.0 Å². The van der Waals surface area contributed by atoms with Gasteiger partial charge in [-0.1, -0.05) is 13.3 Å². The molecule has 1 N–H and O–H groups in total. The highest BCUT2D eigenvalue weighted by atomic mass is 32.1. The third kappa shape index (κ3) is 5.48. The van der Waals surface area contributed by atoms with Crippen molar-refractivity contribution in [3.8, 4) is 0 Å². The number of thiazole rings is 1. The van der Waals surface area contributed by atoms with Crippen LogP contribution in [0.4, 0.5) is 0 Å². The summed E-state index contributed by atoms with van der Waals surface area (Å²) in [5.41, 5.74) is 1.21. The number of likely N-dealkylation sites (N-methyl/N-ethyl adjacent to an activating group) is 1. The van der Waals surface area contributed by atoms with Gasteiger partial charge in [-0.25, -0.2) is 4.98 Å². The highest BCUT2D eigenvalue weighted by Crippen LogP contribution is 2.11. The Labute approximate surface area is 127 Å². The van der Waals surface area contributed by atoms with Crippen molar-refractivity contribution in [3.05, 3.63) is 16.1 Å². The quantitative estimate of drug-likeness (QED) is 0.742. The second-order valence-corrected chi connectivity index (χ2v) is 6.60. The molecular weight excluding hydrogens is 268 g/mol. The molecule has 2 rings (SSSR count). The van der Waals surface area contributed by atoms with E-state index in [1.807, 2.05) is 11.3 Å². The van der Waals surface area contributed by atoms with Crippen LogP contribution in [0.15, 0.2) is 5.38 Å². The average Bonchev–Trinajstić information content (AvgIpc) is 2.91. The van der Waals surface area contributed by atoms with Gasteiger partial charge in [0, 0.05) is 51.1 Å². The lowest BCUT2D eigenvalue weighted by Crippen LogP contribution is -2.45. The minimum absolute atomic E-state index is 0.922. The Kier molecular flexibility index (Phi) is 6.93. The lowest BCUT2D eigenvalue weighted by atomic mass is 10.3. The molecule has 2 heterocycles. The van der Waals surface area contributed by atoms with Crippen LogP contribution in [0.1, 0.15) is 30.5 Å². The summed E-state index contributed by atoms with van der Waals surface area (Å²) in [6.45, 7) is 10.2. The molecule has 0 unspecified atom stereocenters. The summed E-state index contributed by atoms with van der Waals surface area (Å²) in [4.78, 5) is 9.69. The van der Waals surface area contributed by atoms with Crippen molar-refractivity contribution in [3.63, 3.8) is 0 Å². The van der Waals surface area contributed by atoms with E-state index in [9.17, 15) is 0 Å². The molecule has 1 aliphatic heterocycles. The number of rotatable bonds is 8. The van der Waals surface area contributed by atoms with Crippen molar-refractivity contribution in [2.24, 2.45) is 0 Å². The van der Waals surface area contributed by atoms with Gasteiger partial charge < -0.3 is 15.1 Å². The lowest BCUT2D eigenvalue weighted by Gasteiger charge is -2.32. The molecule has 5 heteroatoms. The number of unbranched alkanes of at least 4 members (excludes halogenated alkanes) is 1. The average molecular weight is 296 g/mol. The van der Waals surface area contributed by atoms with Gasteiger partial charge in [-0.15, -0.1) is 11.3 Å². The van der Waals surface area contributed by atoms with E-state index in [0.29, 0.717) is 0 Å². The normalized spacial score (nSPS) is 17.7. The number of aromatic nitrogens is 1. The standard InChI is InChI=1S/C15H28N4S/c1-3-4-6-16-12-14-13-20-15(17-14)5-7-19-10-8-18(2)9-11-19/h13,16H,3-12H2,1-2H3. The summed E-state index contributed by atoms with van der Waals surface area (Å²) < 4.78 is 0. The van der Waals surface area contributed by atoms with Gasteiger partial charge in [0.2, 0.25) is 0 Å². The first-order chi connectivity index (χ1) is 9.78. The summed E-state index contributed by atoms with van der Waals surface area (Å²) >= 11 is 1.81. The fraction of sp³-hybridized carbons (Fsp3) is 0.800. The number of piperazine rings is 1. The SMILES string of the molecule is CCCCNCc1csc(CCN2CCN(C)CC2)n1. The maximum Gasteiger partial charge on any atom is 0.0941 e. The molecule has 1 aromatic rings. The molecule has 20 heavy (non-hydrogen) atoms. The molecule has 0 radical (unpaired) electrons. The monoisotopic (exact) mass is 296 g/mol. The molecule has 1 saturated heterocycles. The first-order valence-electron chi connectivity index (χ1n) is 7.83. The summed E-state index contributed by atoms with van der Waals surface area (Å²) in [5, 5.41) is 6.95. The molecule has 0 spiro atoms. The Bertz CT molecular complexity index is 372. The van der Waals surface area contributed by atoms with Crippen molar-refractivity contribution in [1.82, 2.24) is 20.1 Å². The number of nitrogens with zero attached hydrogens (tertiary/aromatic N) is 3. The topological polar surface area (TPSA) is 31.4 Å². The molecule has 4 nitrogen and oxygen atoms in total. The van der Waals surface area contributed by atoms with Crippen molar-refractivity contribution in [2.75, 3.05) is 46.3 Å². The van der Waals surface area contributed by atoms with E-state index in [4.69, 9.17) is 4.98 Å². The number of hydrogen-bond acceptors (Lipinski definition) is 5. The van der Waals surface area contributed by atoms with Crippen molar-refractivity contribution in [2.45, 2.75) is 32.7 Å². The maximum absolute atomic E-state index is 4.73. The van der Waals surface area contributed by atoms with Gasteiger partial charge in [0.25, 0.3) is 0 Å². The van der Waals surface area contributed by atoms with Gasteiger partial charge >= 0.3 is 0 Å². The van der Waals surface area contributed by atoms with Crippen LogP contribution in [0.5, 0.6) is 0 Å². The number of hydrogen-bond donors (Lipinski definition) is 1. The van der Waals surface area contributed by atoms with E-state index in [0.717, 1.165) is 26.1 Å². The lowest BCUT2D eigenvalue weighted by molar-refractivity contribution is 0.155. The Morgan fingerprint density at radius 3 is 2.85 bits per heavy atom. The molecule has 0 saturated carbocycles. The van der Waals surface area contributed by atoms with E-state index in [1.54, 1.807) is 0 Å². The smallest absolute Gasteiger partial charge is 0.0941 e. The Hall–Kier alpha value is -0.490. The van der Waals surface area contributed by atoms with Crippen molar-refractivity contribution >= 4 is 11.3 Å². The first kappa shape index (κ1) is 15.9. The fourth-order valence-corrected chi connectivity index (χ4v) is 3.18. The second kappa shape index (κ2) is 8.72. The molecule has 1 aromatic heterocycles. The van der Waals surface area contributed by atoms with Crippen molar-refractivity contribution in [1.29, 1.82) is 0 Å². The zero-order chi connectivity index (χ0) is 14.2. The van der Waals surface area contributed by atoms with Crippen LogP contribution >= 0.6 is 11.3 Å². The molecule has 0 aliphatic carbocycles. The second-order valence-electron chi connectivity index (χ2n) is 5.66. The van der Waals surface area contributed by atoms with Crippen LogP contribution < -0.4 is 5.32 Å². The first-order valence-corrected chi connectivity index (χ1v) is 8.71. The predicted molar refractivity (Wildman–Crippen MR) is 86.4 cm³/mol. The molecular formula is C15H28N4S. The summed E-state index contributed by atoms with van der Waals surface area (Å²) in [6, 6.07) is 0. The van der Waals surface area contributed by atoms with Gasteiger partial charge in [0.05, 0.1) is 10.7 Å². The summed E-state index contributed by atoms with van der Waals surface area (Å²) in [7, 11) is 2.20. The van der Waals surface area contributed by atoms with Crippen LogP contribution in [0, 0.1) is 0 Å². The predicted octanol–water partition coefficient (Wildman–Crippen LogP) is 1.82. The van der Waals surface area contributed by atoms with Crippen LogP contribution in [0.3, 0.4) is 0 Å².